The highest BCUT2D eigenvalue weighted by Crippen LogP contribution is 2.09. The second kappa shape index (κ2) is 4.92. The number of hydrogen-bond donors (Lipinski definition) is 2. The third-order valence-corrected chi connectivity index (χ3v) is 1.42. The second-order valence-corrected chi connectivity index (χ2v) is 3.43. The van der Waals surface area contributed by atoms with Crippen molar-refractivity contribution in [2.75, 3.05) is 0 Å². The predicted molar refractivity (Wildman–Crippen MR) is 47.9 cm³/mol. The van der Waals surface area contributed by atoms with Crippen molar-refractivity contribution in [2.24, 2.45) is 0 Å². The summed E-state index contributed by atoms with van der Waals surface area (Å²) in [6.07, 6.45) is 0.189. The van der Waals surface area contributed by atoms with Crippen molar-refractivity contribution in [3.63, 3.8) is 0 Å². The van der Waals surface area contributed by atoms with Crippen molar-refractivity contribution >= 4 is 27.8 Å². The van der Waals surface area contributed by atoms with E-state index in [0.717, 1.165) is 0 Å². The first-order valence-electron chi connectivity index (χ1n) is 3.26. The first kappa shape index (κ1) is 11.2. The average Bonchev–Trinajstić information content (AvgIpc) is 1.83. The molecular weight excluding hydrogens is 226 g/mol. The van der Waals surface area contributed by atoms with Crippen LogP contribution in [0.15, 0.2) is 11.1 Å². The number of carboxylic acids is 1. The summed E-state index contributed by atoms with van der Waals surface area (Å²) in [7, 11) is 0. The fraction of sp³-hybridized carbons (Fsp3) is 0.429. The summed E-state index contributed by atoms with van der Waals surface area (Å²) in [5, 5.41) is 10.9. The highest BCUT2D eigenvalue weighted by atomic mass is 79.9. The molecule has 0 rings (SSSR count). The number of halogens is 1. The Morgan fingerprint density at radius 3 is 2.42 bits per heavy atom. The van der Waals surface area contributed by atoms with Gasteiger partial charge in [0, 0.05) is 13.3 Å². The van der Waals surface area contributed by atoms with Gasteiger partial charge in [-0.1, -0.05) is 22.5 Å². The molecule has 5 heteroatoms. The maximum Gasteiger partial charge on any atom is 0.326 e. The lowest BCUT2D eigenvalue weighted by atomic mass is 10.2. The zero-order valence-corrected chi connectivity index (χ0v) is 8.22. The average molecular weight is 236 g/mol. The molecule has 68 valence electrons. The molecule has 12 heavy (non-hydrogen) atoms. The number of carbonyl (C=O) groups is 2. The Kier molecular flexibility index (Phi) is 4.58. The number of hydrogen-bond acceptors (Lipinski definition) is 2. The molecule has 1 amide bonds. The van der Waals surface area contributed by atoms with E-state index >= 15 is 0 Å². The van der Waals surface area contributed by atoms with Crippen LogP contribution >= 0.6 is 15.9 Å². The van der Waals surface area contributed by atoms with E-state index in [0.29, 0.717) is 4.48 Å². The summed E-state index contributed by atoms with van der Waals surface area (Å²) >= 11 is 3.02. The third kappa shape index (κ3) is 4.90. The molecule has 0 fully saturated rings. The van der Waals surface area contributed by atoms with Gasteiger partial charge in [0.1, 0.15) is 6.04 Å². The molecule has 0 aliphatic carbocycles. The molecular formula is C7H10BrNO3. The van der Waals surface area contributed by atoms with E-state index in [1.165, 1.54) is 6.92 Å². The first-order valence-corrected chi connectivity index (χ1v) is 4.06. The number of carbonyl (C=O) groups excluding carboxylic acids is 1. The quantitative estimate of drug-likeness (QED) is 0.761. The first-order chi connectivity index (χ1) is 5.43. The topological polar surface area (TPSA) is 66.4 Å². The van der Waals surface area contributed by atoms with Crippen LogP contribution in [-0.2, 0) is 9.59 Å². The van der Waals surface area contributed by atoms with Crippen LogP contribution in [0.5, 0.6) is 0 Å². The lowest BCUT2D eigenvalue weighted by molar-refractivity contribution is -0.141. The monoisotopic (exact) mass is 235 g/mol. The van der Waals surface area contributed by atoms with Crippen molar-refractivity contribution in [3.8, 4) is 0 Å². The van der Waals surface area contributed by atoms with Crippen LogP contribution in [-0.4, -0.2) is 23.0 Å². The maximum absolute atomic E-state index is 10.5. The smallest absolute Gasteiger partial charge is 0.326 e. The van der Waals surface area contributed by atoms with Crippen molar-refractivity contribution in [1.29, 1.82) is 0 Å². The Balaban J connectivity index is 4.14. The van der Waals surface area contributed by atoms with E-state index < -0.39 is 12.0 Å². The Morgan fingerprint density at radius 2 is 2.17 bits per heavy atom. The van der Waals surface area contributed by atoms with Crippen LogP contribution in [0.3, 0.4) is 0 Å². The highest BCUT2D eigenvalue weighted by molar-refractivity contribution is 9.11. The molecule has 1 atom stereocenters. The molecule has 0 bridgehead atoms. The molecule has 0 radical (unpaired) electrons. The fourth-order valence-electron chi connectivity index (χ4n) is 0.667. The Morgan fingerprint density at radius 1 is 1.67 bits per heavy atom. The van der Waals surface area contributed by atoms with Gasteiger partial charge in [-0.15, -0.1) is 0 Å². The van der Waals surface area contributed by atoms with Gasteiger partial charge < -0.3 is 10.4 Å². The van der Waals surface area contributed by atoms with Crippen molar-refractivity contribution in [2.45, 2.75) is 19.4 Å². The Labute approximate surface area is 78.8 Å². The molecule has 0 aliphatic rings. The van der Waals surface area contributed by atoms with Gasteiger partial charge in [-0.3, -0.25) is 4.79 Å². The standard InChI is InChI=1S/C7H10BrNO3/c1-4(8)3-6(7(11)12)9-5(2)10/h6H,1,3H2,2H3,(H,9,10)(H,11,12)/t6-/m1/s1. The fourth-order valence-corrected chi connectivity index (χ4v) is 0.991. The van der Waals surface area contributed by atoms with Crippen LogP contribution in [0.4, 0.5) is 0 Å². The van der Waals surface area contributed by atoms with E-state index in [9.17, 15) is 9.59 Å². The van der Waals surface area contributed by atoms with Gasteiger partial charge in [-0.2, -0.15) is 0 Å². The molecule has 0 spiro atoms. The summed E-state index contributed by atoms with van der Waals surface area (Å²) in [5.74, 6) is -1.43. The van der Waals surface area contributed by atoms with Gasteiger partial charge in [0.05, 0.1) is 0 Å². The third-order valence-electron chi connectivity index (χ3n) is 1.10. The second-order valence-electron chi connectivity index (χ2n) is 2.31. The Hall–Kier alpha value is -0.840. The van der Waals surface area contributed by atoms with Crippen LogP contribution < -0.4 is 5.32 Å². The highest BCUT2D eigenvalue weighted by Gasteiger charge is 2.18. The van der Waals surface area contributed by atoms with Crippen LogP contribution in [0.1, 0.15) is 13.3 Å². The van der Waals surface area contributed by atoms with Crippen LogP contribution in [0.2, 0.25) is 0 Å². The number of amides is 1. The molecule has 0 saturated heterocycles. The van der Waals surface area contributed by atoms with Crippen LogP contribution in [0, 0.1) is 0 Å². The minimum Gasteiger partial charge on any atom is -0.480 e. The summed E-state index contributed by atoms with van der Waals surface area (Å²) in [6.45, 7) is 4.76. The molecule has 0 heterocycles. The van der Waals surface area contributed by atoms with Gasteiger partial charge in [-0.25, -0.2) is 4.79 Å². The summed E-state index contributed by atoms with van der Waals surface area (Å²) in [5.41, 5.74) is 0. The van der Waals surface area contributed by atoms with Gasteiger partial charge in [0.2, 0.25) is 5.91 Å². The molecule has 0 aromatic rings. The minimum absolute atomic E-state index is 0.189. The molecule has 0 saturated carbocycles. The van der Waals surface area contributed by atoms with Gasteiger partial charge in [-0.05, 0) is 4.48 Å². The number of aliphatic carboxylic acids is 1. The predicted octanol–water partition coefficient (Wildman–Crippen LogP) is 0.874. The Bertz CT molecular complexity index is 199. The zero-order chi connectivity index (χ0) is 9.72. The van der Waals surface area contributed by atoms with E-state index in [4.69, 9.17) is 5.11 Å². The summed E-state index contributed by atoms with van der Waals surface area (Å²) in [4.78, 5) is 21.0. The van der Waals surface area contributed by atoms with Gasteiger partial charge >= 0.3 is 5.97 Å². The zero-order valence-electron chi connectivity index (χ0n) is 6.63. The van der Waals surface area contributed by atoms with E-state index in [2.05, 4.69) is 27.8 Å². The number of nitrogens with one attached hydrogen (secondary N) is 1. The van der Waals surface area contributed by atoms with Crippen molar-refractivity contribution < 1.29 is 14.7 Å². The summed E-state index contributed by atoms with van der Waals surface area (Å²) < 4.78 is 0.545. The maximum atomic E-state index is 10.5. The lowest BCUT2D eigenvalue weighted by Crippen LogP contribution is -2.39. The molecule has 0 aromatic heterocycles. The van der Waals surface area contributed by atoms with Crippen LogP contribution in [0.25, 0.3) is 0 Å². The molecule has 4 nitrogen and oxygen atoms in total. The van der Waals surface area contributed by atoms with E-state index in [-0.39, 0.29) is 12.3 Å². The van der Waals surface area contributed by atoms with Crippen molar-refractivity contribution in [1.82, 2.24) is 5.32 Å². The molecule has 2 N–H and O–H groups in total. The normalized spacial score (nSPS) is 11.8. The minimum atomic E-state index is -1.06. The summed E-state index contributed by atoms with van der Waals surface area (Å²) in [6, 6.07) is -0.894. The number of rotatable bonds is 4. The van der Waals surface area contributed by atoms with E-state index in [1.807, 2.05) is 0 Å². The number of carboxylic acid groups (broad SMARTS) is 1. The molecule has 0 unspecified atom stereocenters. The van der Waals surface area contributed by atoms with Crippen molar-refractivity contribution in [3.05, 3.63) is 11.1 Å². The lowest BCUT2D eigenvalue weighted by Gasteiger charge is -2.11. The van der Waals surface area contributed by atoms with E-state index in [1.54, 1.807) is 0 Å². The SMILES string of the molecule is C=C(Br)C[C@@H](NC(C)=O)C(=O)O. The molecule has 0 aromatic carbocycles. The van der Waals surface area contributed by atoms with Gasteiger partial charge in [0.15, 0.2) is 0 Å². The largest absolute Gasteiger partial charge is 0.480 e. The van der Waals surface area contributed by atoms with Gasteiger partial charge in [0.25, 0.3) is 0 Å². The molecule has 0 aliphatic heterocycles.